The van der Waals surface area contributed by atoms with Crippen molar-refractivity contribution in [3.05, 3.63) is 4.88 Å². The van der Waals surface area contributed by atoms with Crippen LogP contribution in [0.5, 0.6) is 0 Å². The average Bonchev–Trinajstić information content (AvgIpc) is 2.78. The van der Waals surface area contributed by atoms with Crippen molar-refractivity contribution in [1.29, 1.82) is 5.26 Å². The summed E-state index contributed by atoms with van der Waals surface area (Å²) in [6.07, 6.45) is 3.21. The number of nitriles is 1. The summed E-state index contributed by atoms with van der Waals surface area (Å²) in [4.78, 5) is 4.09. The standard InChI is InChI=1S/C12H17N3S2/c1-12(2)4-5-15(7-12)11-10(16-3)9(14)8(6-13)17-11/h4-5,7,14H2,1-3H3. The SMILES string of the molecule is CSc1c(N2CCC(C)(C)C2)sc(C#N)c1N. The number of nitrogens with two attached hydrogens (primary N) is 1. The zero-order chi connectivity index (χ0) is 12.6. The predicted molar refractivity (Wildman–Crippen MR) is 75.8 cm³/mol. The fourth-order valence-corrected chi connectivity index (χ4v) is 4.19. The molecule has 17 heavy (non-hydrogen) atoms. The Labute approximate surface area is 111 Å². The van der Waals surface area contributed by atoms with E-state index in [2.05, 4.69) is 24.8 Å². The molecule has 2 N–H and O–H groups in total. The zero-order valence-corrected chi connectivity index (χ0v) is 12.0. The number of nitrogens with zero attached hydrogens (tertiary/aromatic N) is 2. The summed E-state index contributed by atoms with van der Waals surface area (Å²) >= 11 is 3.17. The highest BCUT2D eigenvalue weighted by atomic mass is 32.2. The van der Waals surface area contributed by atoms with Gasteiger partial charge in [0.15, 0.2) is 0 Å². The maximum atomic E-state index is 9.05. The molecule has 0 saturated carbocycles. The van der Waals surface area contributed by atoms with Crippen molar-refractivity contribution in [3.8, 4) is 6.07 Å². The highest BCUT2D eigenvalue weighted by Crippen LogP contribution is 2.46. The molecule has 2 rings (SSSR count). The number of hydrogen-bond donors (Lipinski definition) is 1. The van der Waals surface area contributed by atoms with Gasteiger partial charge in [-0.15, -0.1) is 23.1 Å². The van der Waals surface area contributed by atoms with Crippen LogP contribution in [0.4, 0.5) is 10.7 Å². The van der Waals surface area contributed by atoms with Crippen LogP contribution in [0, 0.1) is 16.7 Å². The van der Waals surface area contributed by atoms with E-state index >= 15 is 0 Å². The summed E-state index contributed by atoms with van der Waals surface area (Å²) in [5, 5.41) is 10.2. The minimum absolute atomic E-state index is 0.362. The van der Waals surface area contributed by atoms with Crippen molar-refractivity contribution >= 4 is 33.8 Å². The molecule has 0 aliphatic carbocycles. The van der Waals surface area contributed by atoms with E-state index in [1.165, 1.54) is 22.8 Å². The van der Waals surface area contributed by atoms with Gasteiger partial charge in [-0.2, -0.15) is 5.26 Å². The Bertz CT molecular complexity index is 471. The van der Waals surface area contributed by atoms with E-state index in [9.17, 15) is 0 Å². The van der Waals surface area contributed by atoms with Crippen LogP contribution < -0.4 is 10.6 Å². The van der Waals surface area contributed by atoms with Crippen molar-refractivity contribution in [1.82, 2.24) is 0 Å². The summed E-state index contributed by atoms with van der Waals surface area (Å²) in [6, 6.07) is 2.19. The molecule has 92 valence electrons. The number of thiophene rings is 1. The third-order valence-electron chi connectivity index (χ3n) is 3.15. The van der Waals surface area contributed by atoms with Gasteiger partial charge < -0.3 is 10.6 Å². The highest BCUT2D eigenvalue weighted by Gasteiger charge is 2.32. The lowest BCUT2D eigenvalue weighted by atomic mass is 9.93. The predicted octanol–water partition coefficient (Wildman–Crippen LogP) is 3.16. The largest absolute Gasteiger partial charge is 0.396 e. The van der Waals surface area contributed by atoms with Crippen molar-refractivity contribution < 1.29 is 0 Å². The van der Waals surface area contributed by atoms with Gasteiger partial charge in [-0.25, -0.2) is 0 Å². The van der Waals surface area contributed by atoms with E-state index in [1.54, 1.807) is 11.8 Å². The van der Waals surface area contributed by atoms with Gasteiger partial charge in [-0.3, -0.25) is 0 Å². The second-order valence-electron chi connectivity index (χ2n) is 5.13. The first kappa shape index (κ1) is 12.6. The summed E-state index contributed by atoms with van der Waals surface area (Å²) in [5.74, 6) is 0. The molecule has 0 spiro atoms. The second kappa shape index (κ2) is 4.43. The van der Waals surface area contributed by atoms with E-state index in [1.807, 2.05) is 6.26 Å². The summed E-state index contributed by atoms with van der Waals surface area (Å²) in [7, 11) is 0. The average molecular weight is 267 g/mol. The molecular weight excluding hydrogens is 250 g/mol. The van der Waals surface area contributed by atoms with Gasteiger partial charge in [0.05, 0.1) is 10.6 Å². The molecule has 1 aliphatic heterocycles. The highest BCUT2D eigenvalue weighted by molar-refractivity contribution is 7.99. The van der Waals surface area contributed by atoms with Gasteiger partial charge >= 0.3 is 0 Å². The van der Waals surface area contributed by atoms with E-state index < -0.39 is 0 Å². The molecular formula is C12H17N3S2. The second-order valence-corrected chi connectivity index (χ2v) is 6.95. The summed E-state index contributed by atoms with van der Waals surface area (Å²) in [6.45, 7) is 6.68. The Kier molecular flexibility index (Phi) is 3.28. The van der Waals surface area contributed by atoms with E-state index in [-0.39, 0.29) is 0 Å². The number of rotatable bonds is 2. The normalized spacial score (nSPS) is 18.4. The summed E-state index contributed by atoms with van der Waals surface area (Å²) in [5.41, 5.74) is 7.02. The molecule has 1 aromatic rings. The van der Waals surface area contributed by atoms with Gasteiger partial charge in [0.2, 0.25) is 0 Å². The molecule has 0 amide bonds. The van der Waals surface area contributed by atoms with Crippen molar-refractivity contribution in [2.24, 2.45) is 5.41 Å². The molecule has 1 fully saturated rings. The Hall–Kier alpha value is -0.860. The Morgan fingerprint density at radius 3 is 2.71 bits per heavy atom. The lowest BCUT2D eigenvalue weighted by Crippen LogP contribution is -2.22. The first-order valence-corrected chi connectivity index (χ1v) is 7.64. The molecule has 1 aromatic heterocycles. The quantitative estimate of drug-likeness (QED) is 0.836. The van der Waals surface area contributed by atoms with Crippen LogP contribution in [0.2, 0.25) is 0 Å². The van der Waals surface area contributed by atoms with Gasteiger partial charge in [-0.05, 0) is 18.1 Å². The summed E-state index contributed by atoms with van der Waals surface area (Å²) < 4.78 is 0. The van der Waals surface area contributed by atoms with Crippen LogP contribution in [-0.2, 0) is 0 Å². The molecule has 0 aromatic carbocycles. The van der Waals surface area contributed by atoms with Crippen LogP contribution >= 0.6 is 23.1 Å². The maximum Gasteiger partial charge on any atom is 0.131 e. The van der Waals surface area contributed by atoms with Gasteiger partial charge in [0.25, 0.3) is 0 Å². The molecule has 0 atom stereocenters. The Balaban J connectivity index is 2.37. The third kappa shape index (κ3) is 2.24. The third-order valence-corrected chi connectivity index (χ3v) is 5.27. The van der Waals surface area contributed by atoms with Crippen LogP contribution in [0.15, 0.2) is 4.90 Å². The Morgan fingerprint density at radius 1 is 1.53 bits per heavy atom. The minimum Gasteiger partial charge on any atom is -0.396 e. The molecule has 3 nitrogen and oxygen atoms in total. The van der Waals surface area contributed by atoms with Gasteiger partial charge in [-0.1, -0.05) is 13.8 Å². The minimum atomic E-state index is 0.362. The first-order valence-electron chi connectivity index (χ1n) is 5.60. The monoisotopic (exact) mass is 267 g/mol. The molecule has 2 heterocycles. The molecule has 1 aliphatic rings. The molecule has 5 heteroatoms. The van der Waals surface area contributed by atoms with E-state index in [0.717, 1.165) is 18.0 Å². The molecule has 0 unspecified atom stereocenters. The molecule has 0 bridgehead atoms. The van der Waals surface area contributed by atoms with Crippen LogP contribution in [0.3, 0.4) is 0 Å². The van der Waals surface area contributed by atoms with Crippen LogP contribution in [-0.4, -0.2) is 19.3 Å². The van der Waals surface area contributed by atoms with Crippen LogP contribution in [0.25, 0.3) is 0 Å². The number of anilines is 2. The van der Waals surface area contributed by atoms with Gasteiger partial charge in [0.1, 0.15) is 15.9 Å². The van der Waals surface area contributed by atoms with Crippen molar-refractivity contribution in [3.63, 3.8) is 0 Å². The van der Waals surface area contributed by atoms with E-state index in [0.29, 0.717) is 16.0 Å². The first-order chi connectivity index (χ1) is 7.98. The molecule has 0 radical (unpaired) electrons. The fourth-order valence-electron chi connectivity index (χ4n) is 2.19. The van der Waals surface area contributed by atoms with Crippen molar-refractivity contribution in [2.45, 2.75) is 25.2 Å². The lowest BCUT2D eigenvalue weighted by Gasteiger charge is -2.21. The number of nitrogen functional groups attached to an aromatic ring is 1. The fraction of sp³-hybridized carbons (Fsp3) is 0.583. The zero-order valence-electron chi connectivity index (χ0n) is 10.4. The maximum absolute atomic E-state index is 9.05. The van der Waals surface area contributed by atoms with Gasteiger partial charge in [0, 0.05) is 13.1 Å². The van der Waals surface area contributed by atoms with Crippen LogP contribution in [0.1, 0.15) is 25.1 Å². The molecule has 1 saturated heterocycles. The Morgan fingerprint density at radius 2 is 2.24 bits per heavy atom. The topological polar surface area (TPSA) is 53.0 Å². The van der Waals surface area contributed by atoms with Crippen molar-refractivity contribution in [2.75, 3.05) is 30.0 Å². The smallest absolute Gasteiger partial charge is 0.131 e. The number of thioether (sulfide) groups is 1. The van der Waals surface area contributed by atoms with E-state index in [4.69, 9.17) is 11.0 Å². The number of hydrogen-bond acceptors (Lipinski definition) is 5. The lowest BCUT2D eigenvalue weighted by molar-refractivity contribution is 0.418.